The number of aromatic nitrogens is 2. The summed E-state index contributed by atoms with van der Waals surface area (Å²) in [6.45, 7) is 3.65. The topological polar surface area (TPSA) is 64.0 Å². The third-order valence-corrected chi connectivity index (χ3v) is 4.65. The number of hydrogen-bond acceptors (Lipinski definition) is 3. The molecule has 0 aliphatic rings. The minimum atomic E-state index is -4.08. The Bertz CT molecular complexity index is 752. The lowest BCUT2D eigenvalue weighted by atomic mass is 10.1. The van der Waals surface area contributed by atoms with E-state index < -0.39 is 32.6 Å². The Labute approximate surface area is 128 Å². The fourth-order valence-corrected chi connectivity index (χ4v) is 3.47. The summed E-state index contributed by atoms with van der Waals surface area (Å²) in [6, 6.07) is 1.57. The van der Waals surface area contributed by atoms with Gasteiger partial charge in [-0.05, 0) is 18.1 Å². The Hall–Kier alpha value is -1.80. The summed E-state index contributed by atoms with van der Waals surface area (Å²) in [7, 11) is -2.33. The van der Waals surface area contributed by atoms with Crippen molar-refractivity contribution in [1.82, 2.24) is 14.3 Å². The highest BCUT2D eigenvalue weighted by Gasteiger charge is 2.27. The number of sulfonamides is 1. The Balaban J connectivity index is 2.39. The van der Waals surface area contributed by atoms with Gasteiger partial charge in [0.05, 0.1) is 10.9 Å². The smallest absolute Gasteiger partial charge is 0.241 e. The number of nitrogens with one attached hydrogen (secondary N) is 1. The highest BCUT2D eigenvalue weighted by Crippen LogP contribution is 2.23. The molecule has 0 aliphatic carbocycles. The van der Waals surface area contributed by atoms with Crippen molar-refractivity contribution in [3.63, 3.8) is 0 Å². The summed E-state index contributed by atoms with van der Waals surface area (Å²) in [5.41, 5.74) is 0. The second-order valence-electron chi connectivity index (χ2n) is 5.34. The van der Waals surface area contributed by atoms with Crippen molar-refractivity contribution in [2.75, 3.05) is 0 Å². The molecule has 0 aliphatic heterocycles. The van der Waals surface area contributed by atoms with Gasteiger partial charge in [0.1, 0.15) is 17.5 Å². The minimum absolute atomic E-state index is 0.103. The molecule has 1 N–H and O–H groups in total. The third kappa shape index (κ3) is 3.50. The van der Waals surface area contributed by atoms with Crippen LogP contribution in [0.25, 0.3) is 0 Å². The number of nitrogens with zero attached hydrogens (tertiary/aromatic N) is 2. The molecule has 0 saturated carbocycles. The Kier molecular flexibility index (Phi) is 4.62. The first-order valence-electron chi connectivity index (χ1n) is 6.66. The summed E-state index contributed by atoms with van der Waals surface area (Å²) in [5.74, 6) is -1.47. The summed E-state index contributed by atoms with van der Waals surface area (Å²) >= 11 is 0. The van der Waals surface area contributed by atoms with Gasteiger partial charge < -0.3 is 4.57 Å². The monoisotopic (exact) mass is 329 g/mol. The van der Waals surface area contributed by atoms with Gasteiger partial charge in [0.2, 0.25) is 10.0 Å². The number of benzene rings is 1. The highest BCUT2D eigenvalue weighted by atomic mass is 32.2. The predicted octanol–water partition coefficient (Wildman–Crippen LogP) is 2.37. The summed E-state index contributed by atoms with van der Waals surface area (Å²) < 4.78 is 55.4. The van der Waals surface area contributed by atoms with E-state index in [4.69, 9.17) is 0 Å². The highest BCUT2D eigenvalue weighted by molar-refractivity contribution is 7.89. The molecule has 8 heteroatoms. The van der Waals surface area contributed by atoms with E-state index in [9.17, 15) is 17.2 Å². The van der Waals surface area contributed by atoms with Crippen LogP contribution in [-0.2, 0) is 17.1 Å². The molecule has 1 aromatic heterocycles. The summed E-state index contributed by atoms with van der Waals surface area (Å²) in [6.07, 6.45) is 3.25. The molecule has 5 nitrogen and oxygen atoms in total. The van der Waals surface area contributed by atoms with Gasteiger partial charge >= 0.3 is 0 Å². The lowest BCUT2D eigenvalue weighted by Gasteiger charge is -2.22. The van der Waals surface area contributed by atoms with Gasteiger partial charge in [-0.2, -0.15) is 0 Å². The van der Waals surface area contributed by atoms with Crippen LogP contribution in [0.3, 0.4) is 0 Å². The third-order valence-electron chi connectivity index (χ3n) is 3.23. The normalized spacial score (nSPS) is 13.5. The average Bonchev–Trinajstić information content (AvgIpc) is 2.80. The maximum atomic E-state index is 13.2. The van der Waals surface area contributed by atoms with Crippen molar-refractivity contribution in [1.29, 1.82) is 0 Å². The lowest BCUT2D eigenvalue weighted by molar-refractivity contribution is 0.434. The van der Waals surface area contributed by atoms with Crippen LogP contribution >= 0.6 is 0 Å². The number of imidazole rings is 1. The molecule has 2 aromatic rings. The zero-order chi connectivity index (χ0) is 16.5. The molecule has 0 radical (unpaired) electrons. The first-order valence-corrected chi connectivity index (χ1v) is 8.14. The molecule has 0 fully saturated rings. The lowest BCUT2D eigenvalue weighted by Crippen LogP contribution is -2.33. The van der Waals surface area contributed by atoms with E-state index in [0.29, 0.717) is 11.9 Å². The molecule has 120 valence electrons. The molecular formula is C14H17F2N3O2S. The zero-order valence-corrected chi connectivity index (χ0v) is 13.2. The molecule has 0 amide bonds. The van der Waals surface area contributed by atoms with E-state index in [1.807, 2.05) is 13.8 Å². The van der Waals surface area contributed by atoms with Gasteiger partial charge in [-0.1, -0.05) is 13.8 Å². The molecule has 1 aromatic carbocycles. The molecular weight excluding hydrogens is 312 g/mol. The minimum Gasteiger partial charge on any atom is -0.337 e. The molecule has 22 heavy (non-hydrogen) atoms. The van der Waals surface area contributed by atoms with Crippen molar-refractivity contribution in [2.24, 2.45) is 13.0 Å². The van der Waals surface area contributed by atoms with Gasteiger partial charge in [0.15, 0.2) is 0 Å². The first-order chi connectivity index (χ1) is 10.2. The van der Waals surface area contributed by atoms with Crippen molar-refractivity contribution in [2.45, 2.75) is 24.8 Å². The number of halogens is 2. The van der Waals surface area contributed by atoms with Crippen LogP contribution in [0, 0.1) is 17.6 Å². The maximum Gasteiger partial charge on any atom is 0.241 e. The van der Waals surface area contributed by atoms with Crippen LogP contribution in [0.1, 0.15) is 25.7 Å². The number of rotatable bonds is 5. The van der Waals surface area contributed by atoms with E-state index in [1.54, 1.807) is 24.0 Å². The van der Waals surface area contributed by atoms with Crippen LogP contribution in [-0.4, -0.2) is 18.0 Å². The Morgan fingerprint density at radius 2 is 1.77 bits per heavy atom. The van der Waals surface area contributed by atoms with Gasteiger partial charge in [-0.25, -0.2) is 26.9 Å². The van der Waals surface area contributed by atoms with Crippen LogP contribution in [0.2, 0.25) is 0 Å². The fraction of sp³-hybridized carbons (Fsp3) is 0.357. The van der Waals surface area contributed by atoms with E-state index in [-0.39, 0.29) is 5.92 Å². The molecule has 1 heterocycles. The Morgan fingerprint density at radius 1 is 1.18 bits per heavy atom. The molecule has 0 bridgehead atoms. The van der Waals surface area contributed by atoms with E-state index in [0.717, 1.165) is 12.1 Å². The standard InChI is InChI=1S/C14H17F2N3O2S/c1-9(2)13(14-17-4-5-19(14)3)18-22(20,21)12-7-10(15)6-11(16)8-12/h4-9,13,18H,1-3H3/t13-/m0/s1. The van der Waals surface area contributed by atoms with Crippen molar-refractivity contribution in [3.05, 3.63) is 48.1 Å². The fourth-order valence-electron chi connectivity index (χ4n) is 2.08. The number of hydrogen-bond donors (Lipinski definition) is 1. The second-order valence-corrected chi connectivity index (χ2v) is 7.06. The summed E-state index contributed by atoms with van der Waals surface area (Å²) in [4.78, 5) is 3.68. The second kappa shape index (κ2) is 6.13. The quantitative estimate of drug-likeness (QED) is 0.916. The van der Waals surface area contributed by atoms with E-state index in [2.05, 4.69) is 9.71 Å². The van der Waals surface area contributed by atoms with Crippen LogP contribution in [0.15, 0.2) is 35.5 Å². The maximum absolute atomic E-state index is 13.2. The van der Waals surface area contributed by atoms with Gasteiger partial charge in [-0.15, -0.1) is 0 Å². The van der Waals surface area contributed by atoms with Gasteiger partial charge in [-0.3, -0.25) is 0 Å². The predicted molar refractivity (Wildman–Crippen MR) is 77.5 cm³/mol. The van der Waals surface area contributed by atoms with Crippen LogP contribution < -0.4 is 4.72 Å². The van der Waals surface area contributed by atoms with Crippen molar-refractivity contribution >= 4 is 10.0 Å². The first kappa shape index (κ1) is 16.6. The van der Waals surface area contributed by atoms with Gasteiger partial charge in [0.25, 0.3) is 0 Å². The van der Waals surface area contributed by atoms with Crippen molar-refractivity contribution in [3.8, 4) is 0 Å². The van der Waals surface area contributed by atoms with E-state index in [1.165, 1.54) is 0 Å². The molecule has 0 unspecified atom stereocenters. The van der Waals surface area contributed by atoms with Crippen LogP contribution in [0.4, 0.5) is 8.78 Å². The molecule has 0 spiro atoms. The Morgan fingerprint density at radius 3 is 2.23 bits per heavy atom. The SMILES string of the molecule is CC(C)[C@H](NS(=O)(=O)c1cc(F)cc(F)c1)c1nccn1C. The summed E-state index contributed by atoms with van der Waals surface area (Å²) in [5, 5.41) is 0. The number of aryl methyl sites for hydroxylation is 1. The molecule has 0 saturated heterocycles. The zero-order valence-electron chi connectivity index (χ0n) is 12.4. The van der Waals surface area contributed by atoms with Gasteiger partial charge in [0, 0.05) is 25.5 Å². The van der Waals surface area contributed by atoms with E-state index >= 15 is 0 Å². The molecule has 2 rings (SSSR count). The van der Waals surface area contributed by atoms with Crippen molar-refractivity contribution < 1.29 is 17.2 Å². The largest absolute Gasteiger partial charge is 0.337 e. The molecule has 1 atom stereocenters. The average molecular weight is 329 g/mol. The van der Waals surface area contributed by atoms with Crippen LogP contribution in [0.5, 0.6) is 0 Å².